The zero-order valence-electron chi connectivity index (χ0n) is 21.1. The summed E-state index contributed by atoms with van der Waals surface area (Å²) < 4.78 is 10.6. The molecule has 9 heteroatoms. The zero-order chi connectivity index (χ0) is 27.1. The Morgan fingerprint density at radius 2 is 1.63 bits per heavy atom. The van der Waals surface area contributed by atoms with Crippen LogP contribution in [0.4, 0.5) is 5.69 Å². The average molecular weight is 516 g/mol. The molecule has 1 aliphatic carbocycles. The van der Waals surface area contributed by atoms with Gasteiger partial charge in [0.25, 0.3) is 5.91 Å². The van der Waals surface area contributed by atoms with Crippen LogP contribution in [0.2, 0.25) is 0 Å². The SMILES string of the molecule is COc1ccc(OC)c(/C=C/C(=O)N[C@@H](C(=O)Nc2ccc(C(=O)NO)cc2)C2Cc3ccccc3C2)c1. The predicted molar refractivity (Wildman–Crippen MR) is 142 cm³/mol. The summed E-state index contributed by atoms with van der Waals surface area (Å²) >= 11 is 0. The summed E-state index contributed by atoms with van der Waals surface area (Å²) in [6.07, 6.45) is 4.27. The number of nitrogens with one attached hydrogen (secondary N) is 3. The third kappa shape index (κ3) is 6.19. The number of benzene rings is 3. The molecule has 0 saturated carbocycles. The van der Waals surface area contributed by atoms with E-state index in [0.29, 0.717) is 35.6 Å². The number of methoxy groups -OCH3 is 2. The van der Waals surface area contributed by atoms with Gasteiger partial charge >= 0.3 is 0 Å². The van der Waals surface area contributed by atoms with Crippen LogP contribution in [0.3, 0.4) is 0 Å². The summed E-state index contributed by atoms with van der Waals surface area (Å²) in [5, 5.41) is 14.5. The molecular formula is C29H29N3O6. The summed E-state index contributed by atoms with van der Waals surface area (Å²) in [6.45, 7) is 0. The topological polar surface area (TPSA) is 126 Å². The van der Waals surface area contributed by atoms with Crippen LogP contribution in [0.1, 0.15) is 27.0 Å². The molecule has 3 aromatic rings. The fourth-order valence-electron chi connectivity index (χ4n) is 4.55. The van der Waals surface area contributed by atoms with Gasteiger partial charge in [0.1, 0.15) is 17.5 Å². The molecular weight excluding hydrogens is 486 g/mol. The van der Waals surface area contributed by atoms with Crippen LogP contribution in [0.25, 0.3) is 6.08 Å². The summed E-state index contributed by atoms with van der Waals surface area (Å²) in [5.74, 6) is -0.404. The Balaban J connectivity index is 1.53. The lowest BCUT2D eigenvalue weighted by Crippen LogP contribution is -2.48. The van der Waals surface area contributed by atoms with E-state index >= 15 is 0 Å². The minimum absolute atomic E-state index is 0.143. The number of anilines is 1. The van der Waals surface area contributed by atoms with Gasteiger partial charge in [0.05, 0.1) is 14.2 Å². The van der Waals surface area contributed by atoms with Crippen molar-refractivity contribution < 1.29 is 29.1 Å². The third-order valence-corrected chi connectivity index (χ3v) is 6.50. The van der Waals surface area contributed by atoms with Crippen LogP contribution >= 0.6 is 0 Å². The van der Waals surface area contributed by atoms with E-state index in [9.17, 15) is 14.4 Å². The fourth-order valence-corrected chi connectivity index (χ4v) is 4.55. The fraction of sp³-hybridized carbons (Fsp3) is 0.207. The zero-order valence-corrected chi connectivity index (χ0v) is 21.1. The van der Waals surface area contributed by atoms with E-state index in [2.05, 4.69) is 10.6 Å². The molecule has 0 saturated heterocycles. The summed E-state index contributed by atoms with van der Waals surface area (Å²) in [5.41, 5.74) is 5.22. The number of hydrogen-bond donors (Lipinski definition) is 4. The smallest absolute Gasteiger partial charge is 0.274 e. The van der Waals surface area contributed by atoms with E-state index < -0.39 is 17.9 Å². The number of carbonyl (C=O) groups excluding carboxylic acids is 3. The van der Waals surface area contributed by atoms with Gasteiger partial charge in [0.2, 0.25) is 11.8 Å². The van der Waals surface area contributed by atoms with Crippen LogP contribution < -0.4 is 25.6 Å². The predicted octanol–water partition coefficient (Wildman–Crippen LogP) is 3.37. The van der Waals surface area contributed by atoms with Crippen LogP contribution in [0.5, 0.6) is 11.5 Å². The van der Waals surface area contributed by atoms with Gasteiger partial charge in [0, 0.05) is 22.9 Å². The first-order valence-corrected chi connectivity index (χ1v) is 12.0. The Hall–Kier alpha value is -4.63. The number of hydroxylamine groups is 1. The monoisotopic (exact) mass is 515 g/mol. The number of amides is 3. The molecule has 0 bridgehead atoms. The molecule has 0 radical (unpaired) electrons. The van der Waals surface area contributed by atoms with Crippen molar-refractivity contribution >= 4 is 29.5 Å². The Labute approximate surface area is 220 Å². The highest BCUT2D eigenvalue weighted by Gasteiger charge is 2.34. The van der Waals surface area contributed by atoms with Crippen molar-refractivity contribution in [1.82, 2.24) is 10.8 Å². The maximum absolute atomic E-state index is 13.4. The number of rotatable bonds is 9. The quantitative estimate of drug-likeness (QED) is 0.197. The standard InChI is InChI=1S/C29H29N3O6/c1-37-24-12-13-25(38-2)21(17-24)9-14-26(33)31-27(22-15-19-5-3-4-6-20(19)16-22)29(35)30-23-10-7-18(8-11-23)28(34)32-36/h3-14,17,22,27,36H,15-16H2,1-2H3,(H,30,35)(H,31,33)(H,32,34)/b14-9+/t27-/m1/s1. The van der Waals surface area contributed by atoms with Gasteiger partial charge in [-0.05, 0) is 78.4 Å². The summed E-state index contributed by atoms with van der Waals surface area (Å²) in [6, 6.07) is 18.5. The Bertz CT molecular complexity index is 1330. The van der Waals surface area contributed by atoms with Crippen molar-refractivity contribution in [3.8, 4) is 11.5 Å². The Morgan fingerprint density at radius 1 is 0.947 bits per heavy atom. The first-order chi connectivity index (χ1) is 18.4. The van der Waals surface area contributed by atoms with Crippen molar-refractivity contribution in [3.63, 3.8) is 0 Å². The number of hydrogen-bond acceptors (Lipinski definition) is 6. The number of carbonyl (C=O) groups is 3. The molecule has 38 heavy (non-hydrogen) atoms. The Kier molecular flexibility index (Phi) is 8.40. The van der Waals surface area contributed by atoms with Gasteiger partial charge in [-0.3, -0.25) is 19.6 Å². The number of fused-ring (bicyclic) bond motifs is 1. The van der Waals surface area contributed by atoms with E-state index in [4.69, 9.17) is 14.7 Å². The van der Waals surface area contributed by atoms with Gasteiger partial charge in [-0.2, -0.15) is 0 Å². The van der Waals surface area contributed by atoms with Crippen molar-refractivity contribution in [3.05, 3.63) is 95.1 Å². The maximum Gasteiger partial charge on any atom is 0.274 e. The van der Waals surface area contributed by atoms with Gasteiger partial charge in [0.15, 0.2) is 0 Å². The first kappa shape index (κ1) is 26.4. The summed E-state index contributed by atoms with van der Waals surface area (Å²) in [4.78, 5) is 38.0. The van der Waals surface area contributed by atoms with Crippen LogP contribution in [0.15, 0.2) is 72.8 Å². The molecule has 9 nitrogen and oxygen atoms in total. The second-order valence-electron chi connectivity index (χ2n) is 8.87. The highest BCUT2D eigenvalue weighted by atomic mass is 16.5. The molecule has 0 heterocycles. The molecule has 0 aliphatic heterocycles. The average Bonchev–Trinajstić information content (AvgIpc) is 3.38. The van der Waals surface area contributed by atoms with Crippen molar-refractivity contribution in [1.29, 1.82) is 0 Å². The largest absolute Gasteiger partial charge is 0.497 e. The highest BCUT2D eigenvalue weighted by Crippen LogP contribution is 2.30. The Morgan fingerprint density at radius 3 is 2.24 bits per heavy atom. The van der Waals surface area contributed by atoms with Crippen LogP contribution in [0, 0.1) is 5.92 Å². The van der Waals surface area contributed by atoms with Crippen molar-refractivity contribution in [2.24, 2.45) is 5.92 Å². The molecule has 1 aliphatic rings. The second kappa shape index (κ2) is 12.1. The molecule has 3 amide bonds. The highest BCUT2D eigenvalue weighted by molar-refractivity contribution is 6.01. The van der Waals surface area contributed by atoms with Gasteiger partial charge < -0.3 is 20.1 Å². The molecule has 0 fully saturated rings. The lowest BCUT2D eigenvalue weighted by Gasteiger charge is -2.23. The van der Waals surface area contributed by atoms with E-state index in [1.165, 1.54) is 18.2 Å². The normalized spacial score (nSPS) is 13.4. The van der Waals surface area contributed by atoms with Gasteiger partial charge in [-0.15, -0.1) is 0 Å². The lowest BCUT2D eigenvalue weighted by molar-refractivity contribution is -0.125. The van der Waals surface area contributed by atoms with Gasteiger partial charge in [-0.1, -0.05) is 24.3 Å². The van der Waals surface area contributed by atoms with E-state index in [1.54, 1.807) is 56.1 Å². The van der Waals surface area contributed by atoms with E-state index in [-0.39, 0.29) is 17.4 Å². The minimum Gasteiger partial charge on any atom is -0.497 e. The molecule has 4 N–H and O–H groups in total. The molecule has 196 valence electrons. The molecule has 0 spiro atoms. The first-order valence-electron chi connectivity index (χ1n) is 12.0. The lowest BCUT2D eigenvalue weighted by atomic mass is 9.95. The van der Waals surface area contributed by atoms with Crippen molar-refractivity contribution in [2.45, 2.75) is 18.9 Å². The molecule has 3 aromatic carbocycles. The van der Waals surface area contributed by atoms with Crippen LogP contribution in [-0.4, -0.2) is 43.2 Å². The van der Waals surface area contributed by atoms with Crippen molar-refractivity contribution in [2.75, 3.05) is 19.5 Å². The molecule has 0 unspecified atom stereocenters. The second-order valence-corrected chi connectivity index (χ2v) is 8.87. The molecule has 0 aromatic heterocycles. The minimum atomic E-state index is -0.813. The summed E-state index contributed by atoms with van der Waals surface area (Å²) in [7, 11) is 3.10. The molecule has 1 atom stereocenters. The van der Waals surface area contributed by atoms with Crippen LogP contribution in [-0.2, 0) is 22.4 Å². The van der Waals surface area contributed by atoms with E-state index in [1.807, 2.05) is 24.3 Å². The van der Waals surface area contributed by atoms with E-state index in [0.717, 1.165) is 11.1 Å². The molecule has 4 rings (SSSR count). The number of ether oxygens (including phenoxy) is 2. The third-order valence-electron chi connectivity index (χ3n) is 6.50. The maximum atomic E-state index is 13.4. The van der Waals surface area contributed by atoms with Gasteiger partial charge in [-0.25, -0.2) is 5.48 Å².